The lowest BCUT2D eigenvalue weighted by Crippen LogP contribution is -2.41. The van der Waals surface area contributed by atoms with Gasteiger partial charge in [-0.15, -0.1) is 0 Å². The molecular weight excluding hydrogens is 207 g/mol. The molecule has 0 saturated heterocycles. The number of carbonyl (C=O) groups is 1. The minimum atomic E-state index is -0.504. The van der Waals surface area contributed by atoms with Crippen LogP contribution in [-0.2, 0) is 4.79 Å². The highest BCUT2D eigenvalue weighted by molar-refractivity contribution is 5.81. The van der Waals surface area contributed by atoms with Crippen LogP contribution >= 0.6 is 0 Å². The Balaban J connectivity index is 2.65. The van der Waals surface area contributed by atoms with Crippen molar-refractivity contribution in [2.45, 2.75) is 32.4 Å². The Morgan fingerprint density at radius 3 is 2.81 bits per heavy atom. The molecule has 4 heteroatoms. The average molecular weight is 224 g/mol. The molecule has 3 nitrogen and oxygen atoms in total. The highest BCUT2D eigenvalue weighted by Gasteiger charge is 2.14. The van der Waals surface area contributed by atoms with Crippen LogP contribution in [0.1, 0.15) is 31.9 Å². The second-order valence-electron chi connectivity index (χ2n) is 3.80. The fourth-order valence-corrected chi connectivity index (χ4v) is 1.37. The summed E-state index contributed by atoms with van der Waals surface area (Å²) in [5, 5.41) is 2.74. The van der Waals surface area contributed by atoms with Crippen LogP contribution in [0.25, 0.3) is 0 Å². The van der Waals surface area contributed by atoms with Crippen LogP contribution in [0.15, 0.2) is 24.3 Å². The largest absolute Gasteiger partial charge is 0.348 e. The number of hydrogen-bond acceptors (Lipinski definition) is 2. The van der Waals surface area contributed by atoms with Gasteiger partial charge < -0.3 is 11.1 Å². The molecule has 0 aliphatic rings. The van der Waals surface area contributed by atoms with Crippen molar-refractivity contribution in [1.29, 1.82) is 0 Å². The first kappa shape index (κ1) is 12.6. The van der Waals surface area contributed by atoms with E-state index in [1.54, 1.807) is 19.1 Å². The molecule has 16 heavy (non-hydrogen) atoms. The molecule has 0 radical (unpaired) electrons. The lowest BCUT2D eigenvalue weighted by Gasteiger charge is -2.17. The molecule has 0 spiro atoms. The number of halogens is 1. The van der Waals surface area contributed by atoms with Crippen LogP contribution in [0.5, 0.6) is 0 Å². The number of carbonyl (C=O) groups excluding carboxylic acids is 1. The summed E-state index contributed by atoms with van der Waals surface area (Å²) in [6.45, 7) is 3.64. The predicted molar refractivity (Wildman–Crippen MR) is 61.2 cm³/mol. The molecule has 1 amide bonds. The number of nitrogens with two attached hydrogens (primary N) is 1. The van der Waals surface area contributed by atoms with Gasteiger partial charge in [0, 0.05) is 0 Å². The summed E-state index contributed by atoms with van der Waals surface area (Å²) in [5.41, 5.74) is 6.32. The SMILES string of the molecule is CC[C@@H](N)C(=O)N[C@H](C)c1cccc(F)c1. The van der Waals surface area contributed by atoms with E-state index in [4.69, 9.17) is 5.73 Å². The third-order valence-electron chi connectivity index (χ3n) is 2.48. The highest BCUT2D eigenvalue weighted by atomic mass is 19.1. The van der Waals surface area contributed by atoms with Gasteiger partial charge in [-0.2, -0.15) is 0 Å². The van der Waals surface area contributed by atoms with E-state index in [0.29, 0.717) is 6.42 Å². The molecule has 1 aromatic carbocycles. The number of rotatable bonds is 4. The molecule has 0 aromatic heterocycles. The normalized spacial score (nSPS) is 14.2. The minimum absolute atomic E-state index is 0.209. The molecule has 0 aliphatic carbocycles. The molecule has 0 bridgehead atoms. The van der Waals surface area contributed by atoms with E-state index in [2.05, 4.69) is 5.32 Å². The van der Waals surface area contributed by atoms with Gasteiger partial charge in [0.05, 0.1) is 12.1 Å². The zero-order valence-corrected chi connectivity index (χ0v) is 9.53. The molecular formula is C12H17FN2O. The van der Waals surface area contributed by atoms with Crippen molar-refractivity contribution in [2.24, 2.45) is 5.73 Å². The lowest BCUT2D eigenvalue weighted by molar-refractivity contribution is -0.123. The minimum Gasteiger partial charge on any atom is -0.348 e. The third kappa shape index (κ3) is 3.31. The monoisotopic (exact) mass is 224 g/mol. The Bertz CT molecular complexity index is 368. The van der Waals surface area contributed by atoms with Gasteiger partial charge >= 0.3 is 0 Å². The van der Waals surface area contributed by atoms with E-state index in [9.17, 15) is 9.18 Å². The average Bonchev–Trinajstić information content (AvgIpc) is 2.27. The van der Waals surface area contributed by atoms with Crippen molar-refractivity contribution in [2.75, 3.05) is 0 Å². The van der Waals surface area contributed by atoms with Gasteiger partial charge in [0.25, 0.3) is 0 Å². The Kier molecular flexibility index (Phi) is 4.43. The predicted octanol–water partition coefficient (Wildman–Crippen LogP) is 1.74. The van der Waals surface area contributed by atoms with Crippen LogP contribution in [-0.4, -0.2) is 11.9 Å². The Morgan fingerprint density at radius 1 is 1.56 bits per heavy atom. The van der Waals surface area contributed by atoms with E-state index in [1.165, 1.54) is 12.1 Å². The van der Waals surface area contributed by atoms with Crippen molar-refractivity contribution in [1.82, 2.24) is 5.32 Å². The van der Waals surface area contributed by atoms with E-state index < -0.39 is 6.04 Å². The first-order valence-corrected chi connectivity index (χ1v) is 5.36. The van der Waals surface area contributed by atoms with Crippen molar-refractivity contribution in [3.8, 4) is 0 Å². The second kappa shape index (κ2) is 5.61. The molecule has 0 fully saturated rings. The zero-order valence-electron chi connectivity index (χ0n) is 9.53. The molecule has 1 aromatic rings. The Labute approximate surface area is 94.8 Å². The van der Waals surface area contributed by atoms with Crippen LogP contribution in [0.2, 0.25) is 0 Å². The molecule has 3 N–H and O–H groups in total. The van der Waals surface area contributed by atoms with Gasteiger partial charge in [-0.3, -0.25) is 4.79 Å². The van der Waals surface area contributed by atoms with Crippen molar-refractivity contribution in [3.63, 3.8) is 0 Å². The maximum absolute atomic E-state index is 13.0. The number of benzene rings is 1. The topological polar surface area (TPSA) is 55.1 Å². The summed E-state index contributed by atoms with van der Waals surface area (Å²) in [7, 11) is 0. The summed E-state index contributed by atoms with van der Waals surface area (Å²) in [5.74, 6) is -0.516. The van der Waals surface area contributed by atoms with Gasteiger partial charge in [0.2, 0.25) is 5.91 Å². The van der Waals surface area contributed by atoms with E-state index in [0.717, 1.165) is 5.56 Å². The standard InChI is InChI=1S/C12H17FN2O/c1-3-11(14)12(16)15-8(2)9-5-4-6-10(13)7-9/h4-8,11H,3,14H2,1-2H3,(H,15,16)/t8-,11-/m1/s1. The van der Waals surface area contributed by atoms with Crippen LogP contribution in [0.4, 0.5) is 4.39 Å². The first-order chi connectivity index (χ1) is 7.54. The first-order valence-electron chi connectivity index (χ1n) is 5.36. The highest BCUT2D eigenvalue weighted by Crippen LogP contribution is 2.13. The van der Waals surface area contributed by atoms with E-state index >= 15 is 0 Å². The summed E-state index contributed by atoms with van der Waals surface area (Å²) in [6.07, 6.45) is 0.585. The van der Waals surface area contributed by atoms with Gasteiger partial charge in [0.15, 0.2) is 0 Å². The summed E-state index contributed by atoms with van der Waals surface area (Å²) < 4.78 is 13.0. The van der Waals surface area contributed by atoms with Crippen LogP contribution < -0.4 is 11.1 Å². The second-order valence-corrected chi connectivity index (χ2v) is 3.80. The fourth-order valence-electron chi connectivity index (χ4n) is 1.37. The van der Waals surface area contributed by atoms with Gasteiger partial charge in [-0.25, -0.2) is 4.39 Å². The summed E-state index contributed by atoms with van der Waals surface area (Å²) in [6, 6.07) is 5.42. The van der Waals surface area contributed by atoms with Crippen molar-refractivity contribution >= 4 is 5.91 Å². The number of hydrogen-bond donors (Lipinski definition) is 2. The lowest BCUT2D eigenvalue weighted by atomic mass is 10.1. The zero-order chi connectivity index (χ0) is 12.1. The van der Waals surface area contributed by atoms with E-state index in [-0.39, 0.29) is 17.8 Å². The van der Waals surface area contributed by atoms with Gasteiger partial charge in [-0.05, 0) is 31.0 Å². The van der Waals surface area contributed by atoms with Gasteiger partial charge in [0.1, 0.15) is 5.82 Å². The quantitative estimate of drug-likeness (QED) is 0.818. The maximum atomic E-state index is 13.0. The molecule has 2 atom stereocenters. The van der Waals surface area contributed by atoms with Crippen LogP contribution in [0.3, 0.4) is 0 Å². The Morgan fingerprint density at radius 2 is 2.25 bits per heavy atom. The third-order valence-corrected chi connectivity index (χ3v) is 2.48. The van der Waals surface area contributed by atoms with E-state index in [1.807, 2.05) is 6.92 Å². The fraction of sp³-hybridized carbons (Fsp3) is 0.417. The molecule has 0 heterocycles. The molecule has 0 saturated carbocycles. The Hall–Kier alpha value is -1.42. The van der Waals surface area contributed by atoms with Crippen molar-refractivity contribution < 1.29 is 9.18 Å². The summed E-state index contributed by atoms with van der Waals surface area (Å²) >= 11 is 0. The van der Waals surface area contributed by atoms with Crippen LogP contribution in [0, 0.1) is 5.82 Å². The summed E-state index contributed by atoms with van der Waals surface area (Å²) in [4.78, 5) is 11.5. The van der Waals surface area contributed by atoms with Gasteiger partial charge in [-0.1, -0.05) is 19.1 Å². The number of amides is 1. The van der Waals surface area contributed by atoms with Crippen molar-refractivity contribution in [3.05, 3.63) is 35.6 Å². The molecule has 0 aliphatic heterocycles. The smallest absolute Gasteiger partial charge is 0.237 e. The number of nitrogens with one attached hydrogen (secondary N) is 1. The molecule has 1 rings (SSSR count). The molecule has 0 unspecified atom stereocenters. The molecule has 88 valence electrons. The maximum Gasteiger partial charge on any atom is 0.237 e.